The van der Waals surface area contributed by atoms with Crippen LogP contribution >= 0.6 is 11.8 Å². The molecule has 29 heavy (non-hydrogen) atoms. The Bertz CT molecular complexity index is 949. The highest BCUT2D eigenvalue weighted by Gasteiger charge is 2.18. The summed E-state index contributed by atoms with van der Waals surface area (Å²) in [6, 6.07) is 11.8. The van der Waals surface area contributed by atoms with Gasteiger partial charge in [-0.2, -0.15) is 5.10 Å². The van der Waals surface area contributed by atoms with Gasteiger partial charge < -0.3 is 20.5 Å². The Hall–Kier alpha value is -2.82. The molecule has 3 heterocycles. The average Bonchev–Trinajstić information content (AvgIpc) is 3.13. The van der Waals surface area contributed by atoms with Gasteiger partial charge in [-0.15, -0.1) is 0 Å². The molecule has 0 saturated carbocycles. The van der Waals surface area contributed by atoms with Crippen LogP contribution in [-0.4, -0.2) is 58.3 Å². The predicted octanol–water partition coefficient (Wildman–Crippen LogP) is 2.44. The van der Waals surface area contributed by atoms with Crippen LogP contribution in [0.2, 0.25) is 0 Å². The number of likely N-dealkylation sites (N-methyl/N-ethyl adjacent to an activating group) is 1. The minimum atomic E-state index is 0.685. The highest BCUT2D eigenvalue weighted by Crippen LogP contribution is 2.30. The van der Waals surface area contributed by atoms with E-state index in [9.17, 15) is 0 Å². The molecule has 3 aromatic rings. The summed E-state index contributed by atoms with van der Waals surface area (Å²) in [5, 5.41) is 11.2. The molecule has 0 radical (unpaired) electrons. The number of anilines is 4. The highest BCUT2D eigenvalue weighted by molar-refractivity contribution is 7.99. The number of nitrogens with two attached hydrogens (primary N) is 1. The van der Waals surface area contributed by atoms with Crippen molar-refractivity contribution in [3.63, 3.8) is 0 Å². The number of aromatic amines is 1. The number of benzene rings is 1. The van der Waals surface area contributed by atoms with Crippen LogP contribution in [0.1, 0.15) is 5.69 Å². The molecule has 1 saturated heterocycles. The Morgan fingerprint density at radius 3 is 2.45 bits per heavy atom. The molecule has 1 aliphatic heterocycles. The van der Waals surface area contributed by atoms with E-state index < -0.39 is 0 Å². The monoisotopic (exact) mass is 411 g/mol. The maximum atomic E-state index is 5.45. The third-order valence-electron chi connectivity index (χ3n) is 4.71. The number of hydrogen-bond acceptors (Lipinski definition) is 9. The molecule has 5 N–H and O–H groups in total. The normalized spacial score (nSPS) is 14.8. The first-order chi connectivity index (χ1) is 14.1. The number of rotatable bonds is 6. The molecular weight excluding hydrogens is 386 g/mol. The molecule has 1 aliphatic rings. The Morgan fingerprint density at radius 1 is 1.03 bits per heavy atom. The average molecular weight is 412 g/mol. The van der Waals surface area contributed by atoms with Crippen molar-refractivity contribution < 1.29 is 0 Å². The molecule has 0 atom stereocenters. The fraction of sp³-hybridized carbons (Fsp3) is 0.316. The molecule has 1 aromatic carbocycles. The van der Waals surface area contributed by atoms with Gasteiger partial charge in [-0.25, -0.2) is 9.97 Å². The van der Waals surface area contributed by atoms with Crippen LogP contribution in [0.4, 0.5) is 23.1 Å². The number of nitrogens with one attached hydrogen (secondary N) is 3. The van der Waals surface area contributed by atoms with Crippen LogP contribution in [0.25, 0.3) is 0 Å². The van der Waals surface area contributed by atoms with Crippen molar-refractivity contribution in [1.82, 2.24) is 25.1 Å². The molecule has 0 unspecified atom stereocenters. The van der Waals surface area contributed by atoms with Crippen LogP contribution in [0.3, 0.4) is 0 Å². The quantitative estimate of drug-likeness (QED) is 0.276. The smallest absolute Gasteiger partial charge is 0.196 e. The number of hydrogen-bond donors (Lipinski definition) is 4. The lowest BCUT2D eigenvalue weighted by Gasteiger charge is -2.33. The van der Waals surface area contributed by atoms with Gasteiger partial charge >= 0.3 is 0 Å². The zero-order valence-electron chi connectivity index (χ0n) is 16.5. The maximum absolute atomic E-state index is 5.45. The lowest BCUT2D eigenvalue weighted by Crippen LogP contribution is -2.44. The number of piperazine rings is 1. The zero-order chi connectivity index (χ0) is 20.2. The van der Waals surface area contributed by atoms with Gasteiger partial charge in [-0.05, 0) is 50.0 Å². The van der Waals surface area contributed by atoms with E-state index in [0.717, 1.165) is 59.9 Å². The first-order valence-electron chi connectivity index (χ1n) is 9.45. The van der Waals surface area contributed by atoms with Gasteiger partial charge in [0.1, 0.15) is 11.6 Å². The highest BCUT2D eigenvalue weighted by atomic mass is 32.2. The Kier molecular flexibility index (Phi) is 5.84. The Labute approximate surface area is 174 Å². The lowest BCUT2D eigenvalue weighted by molar-refractivity contribution is 0.312. The van der Waals surface area contributed by atoms with E-state index in [2.05, 4.69) is 37.8 Å². The summed E-state index contributed by atoms with van der Waals surface area (Å²) in [6.45, 7) is 5.88. The van der Waals surface area contributed by atoms with Gasteiger partial charge in [0.25, 0.3) is 0 Å². The minimum Gasteiger partial charge on any atom is -0.354 e. The van der Waals surface area contributed by atoms with Gasteiger partial charge in [0.05, 0.1) is 0 Å². The summed E-state index contributed by atoms with van der Waals surface area (Å²) < 4.78 is 0. The van der Waals surface area contributed by atoms with E-state index in [0.29, 0.717) is 5.16 Å². The maximum Gasteiger partial charge on any atom is 0.196 e. The second-order valence-electron chi connectivity index (χ2n) is 7.02. The molecule has 0 aliphatic carbocycles. The number of aromatic nitrogens is 4. The Morgan fingerprint density at radius 2 is 1.79 bits per heavy atom. The second-order valence-corrected chi connectivity index (χ2v) is 8.06. The fourth-order valence-electron chi connectivity index (χ4n) is 3.06. The van der Waals surface area contributed by atoms with Gasteiger partial charge in [0.2, 0.25) is 0 Å². The molecule has 0 bridgehead atoms. The molecule has 4 rings (SSSR count). The molecule has 0 spiro atoms. The summed E-state index contributed by atoms with van der Waals surface area (Å²) in [7, 11) is 2.14. The summed E-state index contributed by atoms with van der Waals surface area (Å²) in [6.07, 6.45) is 0. The first kappa shape index (κ1) is 19.5. The minimum absolute atomic E-state index is 0.685. The second kappa shape index (κ2) is 8.68. The summed E-state index contributed by atoms with van der Waals surface area (Å²) >= 11 is 1.52. The number of hydrazine groups is 1. The molecular formula is C19H25N9S. The van der Waals surface area contributed by atoms with Crippen LogP contribution in [-0.2, 0) is 0 Å². The molecule has 0 amide bonds. The number of H-pyrrole nitrogens is 1. The summed E-state index contributed by atoms with van der Waals surface area (Å²) in [5.74, 6) is 7.84. The van der Waals surface area contributed by atoms with Gasteiger partial charge in [-0.3, -0.25) is 10.9 Å². The molecule has 9 nitrogen and oxygen atoms in total. The topological polar surface area (TPSA) is 111 Å². The van der Waals surface area contributed by atoms with E-state index in [4.69, 9.17) is 15.8 Å². The third-order valence-corrected chi connectivity index (χ3v) is 5.58. The van der Waals surface area contributed by atoms with E-state index in [1.54, 1.807) is 0 Å². The lowest BCUT2D eigenvalue weighted by atomic mass is 10.3. The number of nitrogens with zero attached hydrogens (tertiary/aromatic N) is 5. The summed E-state index contributed by atoms with van der Waals surface area (Å²) in [5.41, 5.74) is 4.49. The van der Waals surface area contributed by atoms with Crippen molar-refractivity contribution in [3.05, 3.63) is 42.1 Å². The largest absolute Gasteiger partial charge is 0.354 e. The van der Waals surface area contributed by atoms with Gasteiger partial charge in [0.15, 0.2) is 11.0 Å². The van der Waals surface area contributed by atoms with E-state index in [1.807, 2.05) is 43.3 Å². The molecule has 2 aromatic heterocycles. The number of nitrogen functional groups attached to an aromatic ring is 1. The predicted molar refractivity (Wildman–Crippen MR) is 117 cm³/mol. The fourth-order valence-corrected chi connectivity index (χ4v) is 3.82. The zero-order valence-corrected chi connectivity index (χ0v) is 17.3. The molecule has 152 valence electrons. The van der Waals surface area contributed by atoms with Crippen LogP contribution in [0.15, 0.2) is 46.5 Å². The third kappa shape index (κ3) is 4.97. The van der Waals surface area contributed by atoms with Crippen molar-refractivity contribution in [2.75, 3.05) is 48.9 Å². The van der Waals surface area contributed by atoms with Crippen LogP contribution < -0.4 is 21.5 Å². The summed E-state index contributed by atoms with van der Waals surface area (Å²) in [4.78, 5) is 15.2. The van der Waals surface area contributed by atoms with Gasteiger partial charge in [0, 0.05) is 54.6 Å². The number of aryl methyl sites for hydroxylation is 1. The molecule has 1 fully saturated rings. The first-order valence-corrected chi connectivity index (χ1v) is 10.3. The van der Waals surface area contributed by atoms with E-state index >= 15 is 0 Å². The standard InChI is InChI=1S/C19H25N9S/c1-13-11-17(26-25-13)21-16-12-18(28-9-7-27(2)8-10-28)23-19(22-16)29-15-5-3-14(24-20)4-6-15/h3-6,11-12,24H,7-10,20H2,1-2H3,(H2,21,22,23,25,26). The molecule has 10 heteroatoms. The van der Waals surface area contributed by atoms with Crippen LogP contribution in [0, 0.1) is 6.92 Å². The Balaban J connectivity index is 1.61. The van der Waals surface area contributed by atoms with Crippen molar-refractivity contribution >= 4 is 34.9 Å². The van der Waals surface area contributed by atoms with Crippen molar-refractivity contribution in [3.8, 4) is 0 Å². The van der Waals surface area contributed by atoms with Crippen molar-refractivity contribution in [1.29, 1.82) is 0 Å². The van der Waals surface area contributed by atoms with Gasteiger partial charge in [-0.1, -0.05) is 0 Å². The van der Waals surface area contributed by atoms with E-state index in [1.165, 1.54) is 11.8 Å². The van der Waals surface area contributed by atoms with Crippen molar-refractivity contribution in [2.24, 2.45) is 5.84 Å². The SMILES string of the molecule is Cc1cc(Nc2cc(N3CCN(C)CC3)nc(Sc3ccc(NN)cc3)n2)n[nH]1. The van der Waals surface area contributed by atoms with Crippen molar-refractivity contribution in [2.45, 2.75) is 17.0 Å². The van der Waals surface area contributed by atoms with E-state index in [-0.39, 0.29) is 0 Å². The van der Waals surface area contributed by atoms with Crippen LogP contribution in [0.5, 0.6) is 0 Å².